The molecule has 0 heterocycles. The van der Waals surface area contributed by atoms with Gasteiger partial charge in [-0.1, -0.05) is 32.1 Å². The van der Waals surface area contributed by atoms with Crippen LogP contribution in [0.5, 0.6) is 0 Å². The molecule has 1 aliphatic rings. The zero-order valence-electron chi connectivity index (χ0n) is 16.7. The summed E-state index contributed by atoms with van der Waals surface area (Å²) >= 11 is 0. The molecule has 1 aliphatic carbocycles. The second-order valence-electron chi connectivity index (χ2n) is 7.55. The lowest BCUT2D eigenvalue weighted by Gasteiger charge is -2.26. The van der Waals surface area contributed by atoms with Gasteiger partial charge in [-0.2, -0.15) is 0 Å². The highest BCUT2D eigenvalue weighted by atomic mass is 32.2. The largest absolute Gasteiger partial charge is 0.352 e. The second-order valence-corrected chi connectivity index (χ2v) is 9.41. The van der Waals surface area contributed by atoms with Gasteiger partial charge in [0, 0.05) is 6.04 Å². The molecule has 1 amide bonds. The predicted molar refractivity (Wildman–Crippen MR) is 112 cm³/mol. The lowest BCUT2D eigenvalue weighted by atomic mass is 9.97. The molecule has 0 unspecified atom stereocenters. The molecule has 2 aromatic carbocycles. The molecule has 8 heteroatoms. The Labute approximate surface area is 176 Å². The van der Waals surface area contributed by atoms with Crippen molar-refractivity contribution in [2.45, 2.75) is 55.9 Å². The summed E-state index contributed by atoms with van der Waals surface area (Å²) in [5, 5.41) is 2.95. The molecule has 0 radical (unpaired) electrons. The fourth-order valence-corrected chi connectivity index (χ4v) is 5.08. The quantitative estimate of drug-likeness (QED) is 0.730. The van der Waals surface area contributed by atoms with E-state index in [2.05, 4.69) is 5.32 Å². The van der Waals surface area contributed by atoms with Gasteiger partial charge in [0.15, 0.2) is 0 Å². The number of anilines is 1. The normalized spacial score (nSPS) is 15.8. The van der Waals surface area contributed by atoms with Crippen molar-refractivity contribution in [3.05, 3.63) is 60.2 Å². The van der Waals surface area contributed by atoms with Gasteiger partial charge in [-0.15, -0.1) is 0 Å². The molecule has 0 spiro atoms. The lowest BCUT2D eigenvalue weighted by Crippen LogP contribution is -2.44. The fourth-order valence-electron chi connectivity index (χ4n) is 3.66. The monoisotopic (exact) mass is 436 g/mol. The van der Waals surface area contributed by atoms with Crippen LogP contribution in [0.2, 0.25) is 0 Å². The van der Waals surface area contributed by atoms with Crippen molar-refractivity contribution in [2.75, 3.05) is 10.8 Å². The van der Waals surface area contributed by atoms with E-state index < -0.39 is 34.1 Å². The highest BCUT2D eigenvalue weighted by molar-refractivity contribution is 7.92. The van der Waals surface area contributed by atoms with Gasteiger partial charge in [-0.05, 0) is 61.4 Å². The maximum Gasteiger partial charge on any atom is 0.264 e. The van der Waals surface area contributed by atoms with Crippen LogP contribution in [0, 0.1) is 11.6 Å². The highest BCUT2D eigenvalue weighted by Gasteiger charge is 2.28. The molecule has 3 rings (SSSR count). The van der Waals surface area contributed by atoms with Gasteiger partial charge in [0.2, 0.25) is 5.91 Å². The van der Waals surface area contributed by atoms with Gasteiger partial charge in [0.1, 0.15) is 18.2 Å². The molecular formula is C22H26F2N2O3S. The number of carbonyl (C=O) groups is 1. The van der Waals surface area contributed by atoms with E-state index in [1.807, 2.05) is 0 Å². The molecule has 0 bridgehead atoms. The van der Waals surface area contributed by atoms with Gasteiger partial charge in [-0.25, -0.2) is 17.2 Å². The molecule has 1 N–H and O–H groups in total. The maximum atomic E-state index is 13.4. The van der Waals surface area contributed by atoms with Gasteiger partial charge < -0.3 is 5.32 Å². The smallest absolute Gasteiger partial charge is 0.264 e. The summed E-state index contributed by atoms with van der Waals surface area (Å²) in [4.78, 5) is 12.6. The number of amides is 1. The molecule has 2 aromatic rings. The zero-order valence-corrected chi connectivity index (χ0v) is 17.5. The number of nitrogens with one attached hydrogen (secondary N) is 1. The van der Waals surface area contributed by atoms with E-state index in [0.717, 1.165) is 79.2 Å². The number of benzene rings is 2. The molecule has 0 aromatic heterocycles. The highest BCUT2D eigenvalue weighted by Crippen LogP contribution is 2.24. The maximum absolute atomic E-state index is 13.4. The Morgan fingerprint density at radius 1 is 0.867 bits per heavy atom. The van der Waals surface area contributed by atoms with E-state index >= 15 is 0 Å². The average Bonchev–Trinajstić information content (AvgIpc) is 2.69. The summed E-state index contributed by atoms with van der Waals surface area (Å²) in [6.45, 7) is -0.443. The van der Waals surface area contributed by atoms with Crippen LogP contribution in [-0.4, -0.2) is 26.9 Å². The number of rotatable bonds is 6. The van der Waals surface area contributed by atoms with Crippen LogP contribution in [0.4, 0.5) is 14.5 Å². The van der Waals surface area contributed by atoms with Crippen molar-refractivity contribution in [3.63, 3.8) is 0 Å². The third-order valence-electron chi connectivity index (χ3n) is 5.27. The summed E-state index contributed by atoms with van der Waals surface area (Å²) in [7, 11) is -4.15. The molecule has 30 heavy (non-hydrogen) atoms. The molecule has 1 fully saturated rings. The summed E-state index contributed by atoms with van der Waals surface area (Å²) in [5.41, 5.74) is 0.161. The summed E-state index contributed by atoms with van der Waals surface area (Å²) < 4.78 is 53.9. The van der Waals surface area contributed by atoms with Crippen LogP contribution in [0.3, 0.4) is 0 Å². The third kappa shape index (κ3) is 5.78. The Morgan fingerprint density at radius 3 is 1.93 bits per heavy atom. The number of sulfonamides is 1. The third-order valence-corrected chi connectivity index (χ3v) is 7.06. The first kappa shape index (κ1) is 22.2. The van der Waals surface area contributed by atoms with Gasteiger partial charge >= 0.3 is 0 Å². The minimum Gasteiger partial charge on any atom is -0.352 e. The fraction of sp³-hybridized carbons (Fsp3) is 0.409. The first-order chi connectivity index (χ1) is 14.4. The molecule has 1 saturated carbocycles. The topological polar surface area (TPSA) is 66.5 Å². The number of halogens is 2. The van der Waals surface area contributed by atoms with Crippen molar-refractivity contribution in [1.29, 1.82) is 0 Å². The van der Waals surface area contributed by atoms with Crippen LogP contribution in [-0.2, 0) is 14.8 Å². The van der Waals surface area contributed by atoms with Crippen molar-refractivity contribution in [2.24, 2.45) is 0 Å². The SMILES string of the molecule is O=C(CN(c1ccc(F)cc1)S(=O)(=O)c1ccc(F)cc1)NC1CCCCCCC1. The number of carbonyl (C=O) groups excluding carboxylic acids is 1. The molecule has 162 valence electrons. The summed E-state index contributed by atoms with van der Waals surface area (Å²) in [6, 6.07) is 9.28. The van der Waals surface area contributed by atoms with Crippen molar-refractivity contribution >= 4 is 21.6 Å². The van der Waals surface area contributed by atoms with Crippen molar-refractivity contribution in [3.8, 4) is 0 Å². The first-order valence-corrected chi connectivity index (χ1v) is 11.6. The molecule has 5 nitrogen and oxygen atoms in total. The molecule has 0 aliphatic heterocycles. The van der Waals surface area contributed by atoms with E-state index in [0.29, 0.717) is 0 Å². The standard InChI is InChI=1S/C22H26F2N2O3S/c23-17-8-12-20(13-9-17)26(30(28,29)21-14-10-18(24)11-15-21)16-22(27)25-19-6-4-2-1-3-5-7-19/h8-15,19H,1-7,16H2,(H,25,27). The van der Waals surface area contributed by atoms with Gasteiger partial charge in [0.05, 0.1) is 10.6 Å². The van der Waals surface area contributed by atoms with E-state index in [1.54, 1.807) is 0 Å². The lowest BCUT2D eigenvalue weighted by molar-refractivity contribution is -0.120. The van der Waals surface area contributed by atoms with Gasteiger partial charge in [-0.3, -0.25) is 9.10 Å². The molecular weight excluding hydrogens is 410 g/mol. The Bertz CT molecular complexity index is 939. The van der Waals surface area contributed by atoms with Crippen LogP contribution < -0.4 is 9.62 Å². The van der Waals surface area contributed by atoms with E-state index in [9.17, 15) is 22.0 Å². The van der Waals surface area contributed by atoms with E-state index in [-0.39, 0.29) is 16.6 Å². The first-order valence-electron chi connectivity index (χ1n) is 10.2. The summed E-state index contributed by atoms with van der Waals surface area (Å²) in [5.74, 6) is -1.50. The van der Waals surface area contributed by atoms with Crippen LogP contribution >= 0.6 is 0 Å². The van der Waals surface area contributed by atoms with E-state index in [1.165, 1.54) is 18.6 Å². The van der Waals surface area contributed by atoms with Gasteiger partial charge in [0.25, 0.3) is 10.0 Å². The van der Waals surface area contributed by atoms with Crippen LogP contribution in [0.25, 0.3) is 0 Å². The Morgan fingerprint density at radius 2 is 1.37 bits per heavy atom. The van der Waals surface area contributed by atoms with E-state index in [4.69, 9.17) is 0 Å². The number of hydrogen-bond donors (Lipinski definition) is 1. The van der Waals surface area contributed by atoms with Crippen LogP contribution in [0.1, 0.15) is 44.9 Å². The van der Waals surface area contributed by atoms with Crippen LogP contribution in [0.15, 0.2) is 53.4 Å². The Kier molecular flexibility index (Phi) is 7.42. The van der Waals surface area contributed by atoms with Crippen molar-refractivity contribution in [1.82, 2.24) is 5.32 Å². The number of nitrogens with zero attached hydrogens (tertiary/aromatic N) is 1. The Balaban J connectivity index is 1.83. The average molecular weight is 437 g/mol. The minimum atomic E-state index is -4.15. The Hall–Kier alpha value is -2.48. The molecule has 0 atom stereocenters. The summed E-state index contributed by atoms with van der Waals surface area (Å²) in [6.07, 6.45) is 7.26. The second kappa shape index (κ2) is 10.0. The zero-order chi connectivity index (χ0) is 21.6. The predicted octanol–water partition coefficient (Wildman–Crippen LogP) is 4.39. The minimum absolute atomic E-state index is 0.0152. The number of hydrogen-bond acceptors (Lipinski definition) is 3. The van der Waals surface area contributed by atoms with Crippen molar-refractivity contribution < 1.29 is 22.0 Å². The molecule has 0 saturated heterocycles.